The number of oxime groups is 1. The molecule has 0 bridgehead atoms. The van der Waals surface area contributed by atoms with Gasteiger partial charge in [-0.15, -0.1) is 0 Å². The quantitative estimate of drug-likeness (QED) is 0.370. The van der Waals surface area contributed by atoms with Gasteiger partial charge in [0.15, 0.2) is 0 Å². The molecule has 5 heteroatoms. The van der Waals surface area contributed by atoms with E-state index in [0.717, 1.165) is 17.1 Å². The van der Waals surface area contributed by atoms with Crippen LogP contribution in [0.1, 0.15) is 17.8 Å². The first-order valence-electron chi connectivity index (χ1n) is 6.88. The topological polar surface area (TPSA) is 74.7 Å². The van der Waals surface area contributed by atoms with Gasteiger partial charge in [-0.05, 0) is 31.2 Å². The van der Waals surface area contributed by atoms with E-state index in [1.807, 2.05) is 55.5 Å². The molecule has 0 amide bonds. The van der Waals surface area contributed by atoms with Gasteiger partial charge in [0.05, 0.1) is 12.2 Å². The third kappa shape index (κ3) is 4.49. The van der Waals surface area contributed by atoms with Crippen molar-refractivity contribution in [1.82, 2.24) is 4.98 Å². The molecule has 0 fully saturated rings. The van der Waals surface area contributed by atoms with Gasteiger partial charge in [-0.3, -0.25) is 4.98 Å². The van der Waals surface area contributed by atoms with Gasteiger partial charge >= 0.3 is 0 Å². The SMILES string of the molecule is Cc1cccc(CN(CCC(N)=NO)c2ccccc2)n1. The Kier molecular flexibility index (Phi) is 5.15. The molecule has 0 aliphatic carbocycles. The van der Waals surface area contributed by atoms with Crippen LogP contribution in [0.15, 0.2) is 53.7 Å². The van der Waals surface area contributed by atoms with Gasteiger partial charge in [-0.2, -0.15) is 0 Å². The van der Waals surface area contributed by atoms with Gasteiger partial charge in [-0.1, -0.05) is 29.4 Å². The summed E-state index contributed by atoms with van der Waals surface area (Å²) in [4.78, 5) is 6.70. The highest BCUT2D eigenvalue weighted by Crippen LogP contribution is 2.16. The molecule has 0 atom stereocenters. The van der Waals surface area contributed by atoms with Gasteiger partial charge in [-0.25, -0.2) is 0 Å². The van der Waals surface area contributed by atoms with Crippen LogP contribution in [-0.4, -0.2) is 22.6 Å². The maximum atomic E-state index is 8.68. The number of benzene rings is 1. The van der Waals surface area contributed by atoms with E-state index in [-0.39, 0.29) is 5.84 Å². The van der Waals surface area contributed by atoms with Crippen molar-refractivity contribution >= 4 is 11.5 Å². The molecule has 2 aromatic rings. The Balaban J connectivity index is 2.15. The van der Waals surface area contributed by atoms with Gasteiger partial charge in [0.2, 0.25) is 0 Å². The summed E-state index contributed by atoms with van der Waals surface area (Å²) in [6.45, 7) is 3.33. The van der Waals surface area contributed by atoms with E-state index in [2.05, 4.69) is 15.0 Å². The number of aromatic nitrogens is 1. The summed E-state index contributed by atoms with van der Waals surface area (Å²) in [5, 5.41) is 11.7. The van der Waals surface area contributed by atoms with Gasteiger partial charge < -0.3 is 15.8 Å². The average Bonchev–Trinajstić information content (AvgIpc) is 2.52. The summed E-state index contributed by atoms with van der Waals surface area (Å²) < 4.78 is 0. The van der Waals surface area contributed by atoms with Crippen LogP contribution in [0.4, 0.5) is 5.69 Å². The van der Waals surface area contributed by atoms with Crippen LogP contribution in [0.2, 0.25) is 0 Å². The zero-order valence-corrected chi connectivity index (χ0v) is 12.1. The standard InChI is InChI=1S/C16H20N4O/c1-13-6-5-7-14(18-13)12-20(11-10-16(17)19-21)15-8-3-2-4-9-15/h2-9,21H,10-12H2,1H3,(H2,17,19). The predicted molar refractivity (Wildman–Crippen MR) is 84.5 cm³/mol. The molecule has 2 rings (SSSR count). The molecule has 5 nitrogen and oxygen atoms in total. The molecule has 21 heavy (non-hydrogen) atoms. The molecule has 3 N–H and O–H groups in total. The Morgan fingerprint density at radius 1 is 1.19 bits per heavy atom. The molecule has 0 unspecified atom stereocenters. The fourth-order valence-corrected chi connectivity index (χ4v) is 2.12. The molecule has 1 aromatic heterocycles. The van der Waals surface area contributed by atoms with Crippen molar-refractivity contribution in [2.24, 2.45) is 10.9 Å². The monoisotopic (exact) mass is 284 g/mol. The van der Waals surface area contributed by atoms with E-state index in [4.69, 9.17) is 10.9 Å². The average molecular weight is 284 g/mol. The largest absolute Gasteiger partial charge is 0.409 e. The summed E-state index contributed by atoms with van der Waals surface area (Å²) in [6, 6.07) is 16.1. The summed E-state index contributed by atoms with van der Waals surface area (Å²) in [5.74, 6) is 0.230. The van der Waals surface area contributed by atoms with Gasteiger partial charge in [0.1, 0.15) is 5.84 Å². The second-order valence-electron chi connectivity index (χ2n) is 4.87. The lowest BCUT2D eigenvalue weighted by atomic mass is 10.2. The second-order valence-corrected chi connectivity index (χ2v) is 4.87. The van der Waals surface area contributed by atoms with Crippen molar-refractivity contribution < 1.29 is 5.21 Å². The molecule has 0 saturated carbocycles. The number of nitrogens with two attached hydrogens (primary N) is 1. The Morgan fingerprint density at radius 2 is 1.95 bits per heavy atom. The lowest BCUT2D eigenvalue weighted by Crippen LogP contribution is -2.28. The van der Waals surface area contributed by atoms with E-state index in [0.29, 0.717) is 19.5 Å². The molecule has 0 saturated heterocycles. The number of hydrogen-bond acceptors (Lipinski definition) is 4. The number of amidine groups is 1. The summed E-state index contributed by atoms with van der Waals surface area (Å²) in [5.41, 5.74) is 8.66. The first-order chi connectivity index (χ1) is 10.2. The predicted octanol–water partition coefficient (Wildman–Crippen LogP) is 2.53. The lowest BCUT2D eigenvalue weighted by Gasteiger charge is -2.24. The Hall–Kier alpha value is -2.56. The maximum absolute atomic E-state index is 8.68. The number of para-hydroxylation sites is 1. The van der Waals surface area contributed by atoms with Crippen LogP contribution in [0, 0.1) is 6.92 Å². The Labute approximate surface area is 124 Å². The molecule has 0 aliphatic rings. The third-order valence-electron chi connectivity index (χ3n) is 3.19. The van der Waals surface area contributed by atoms with Crippen LogP contribution in [-0.2, 0) is 6.54 Å². The number of rotatable bonds is 6. The summed E-state index contributed by atoms with van der Waals surface area (Å²) in [7, 11) is 0. The fraction of sp³-hybridized carbons (Fsp3) is 0.250. The highest BCUT2D eigenvalue weighted by Gasteiger charge is 2.09. The van der Waals surface area contributed by atoms with Crippen LogP contribution in [0.25, 0.3) is 0 Å². The van der Waals surface area contributed by atoms with Crippen molar-refractivity contribution in [2.75, 3.05) is 11.4 Å². The van der Waals surface area contributed by atoms with E-state index in [9.17, 15) is 0 Å². The second kappa shape index (κ2) is 7.28. The minimum absolute atomic E-state index is 0.230. The highest BCUT2D eigenvalue weighted by molar-refractivity contribution is 5.80. The third-order valence-corrected chi connectivity index (χ3v) is 3.19. The molecule has 0 spiro atoms. The van der Waals surface area contributed by atoms with E-state index in [1.54, 1.807) is 0 Å². The van der Waals surface area contributed by atoms with Gasteiger partial charge in [0, 0.05) is 24.3 Å². The van der Waals surface area contributed by atoms with Crippen molar-refractivity contribution in [3.63, 3.8) is 0 Å². The van der Waals surface area contributed by atoms with E-state index < -0.39 is 0 Å². The molecule has 110 valence electrons. The molecular formula is C16H20N4O. The zero-order valence-electron chi connectivity index (χ0n) is 12.1. The molecule has 1 heterocycles. The Bertz CT molecular complexity index is 598. The number of hydrogen-bond donors (Lipinski definition) is 2. The van der Waals surface area contributed by atoms with Gasteiger partial charge in [0.25, 0.3) is 0 Å². The first kappa shape index (κ1) is 14.8. The van der Waals surface area contributed by atoms with E-state index >= 15 is 0 Å². The van der Waals surface area contributed by atoms with Crippen LogP contribution in [0.3, 0.4) is 0 Å². The highest BCUT2D eigenvalue weighted by atomic mass is 16.4. The smallest absolute Gasteiger partial charge is 0.140 e. The zero-order chi connectivity index (χ0) is 15.1. The normalized spacial score (nSPS) is 11.4. The first-order valence-corrected chi connectivity index (χ1v) is 6.88. The lowest BCUT2D eigenvalue weighted by molar-refractivity contribution is 0.317. The van der Waals surface area contributed by atoms with Crippen molar-refractivity contribution in [2.45, 2.75) is 19.9 Å². The number of aryl methyl sites for hydroxylation is 1. The van der Waals surface area contributed by atoms with Crippen LogP contribution in [0.5, 0.6) is 0 Å². The van der Waals surface area contributed by atoms with Crippen LogP contribution < -0.4 is 10.6 Å². The van der Waals surface area contributed by atoms with E-state index in [1.165, 1.54) is 0 Å². The number of pyridine rings is 1. The summed E-state index contributed by atoms with van der Waals surface area (Å²) >= 11 is 0. The summed E-state index contributed by atoms with van der Waals surface area (Å²) in [6.07, 6.45) is 0.497. The molecule has 0 radical (unpaired) electrons. The maximum Gasteiger partial charge on any atom is 0.140 e. The number of nitrogens with zero attached hydrogens (tertiary/aromatic N) is 3. The van der Waals surface area contributed by atoms with Crippen molar-refractivity contribution in [3.8, 4) is 0 Å². The van der Waals surface area contributed by atoms with Crippen molar-refractivity contribution in [1.29, 1.82) is 0 Å². The van der Waals surface area contributed by atoms with Crippen LogP contribution >= 0.6 is 0 Å². The minimum Gasteiger partial charge on any atom is -0.409 e. The van der Waals surface area contributed by atoms with Crippen molar-refractivity contribution in [3.05, 3.63) is 59.9 Å². The minimum atomic E-state index is 0.230. The molecule has 1 aromatic carbocycles. The molecule has 0 aliphatic heterocycles. The fourth-order valence-electron chi connectivity index (χ4n) is 2.12. The Morgan fingerprint density at radius 3 is 2.62 bits per heavy atom. The molecular weight excluding hydrogens is 264 g/mol. The number of anilines is 1.